The van der Waals surface area contributed by atoms with Crippen molar-refractivity contribution in [2.24, 2.45) is 0 Å². The Labute approximate surface area is 160 Å². The Morgan fingerprint density at radius 3 is 2.30 bits per heavy atom. The van der Waals surface area contributed by atoms with Crippen LogP contribution in [0.15, 0.2) is 24.3 Å². The molecule has 0 spiro atoms. The summed E-state index contributed by atoms with van der Waals surface area (Å²) in [5.41, 5.74) is 3.09. The molecule has 0 aliphatic carbocycles. The highest BCUT2D eigenvalue weighted by atomic mass is 16.5. The standard InChI is InChI=1S/C21H28N2O4/c1-7-17-18(21(25)26-6)13(4)19(23-17)20(24)22-14(5)15-8-10-16(11-9-15)27-12(2)3/h8-12,14,23H,7H2,1-6H3,(H,22,24). The van der Waals surface area contributed by atoms with Gasteiger partial charge in [-0.15, -0.1) is 0 Å². The van der Waals surface area contributed by atoms with Crippen molar-refractivity contribution in [2.75, 3.05) is 7.11 Å². The summed E-state index contributed by atoms with van der Waals surface area (Å²) in [5.74, 6) is 0.101. The Hall–Kier alpha value is -2.76. The summed E-state index contributed by atoms with van der Waals surface area (Å²) in [6.07, 6.45) is 0.714. The van der Waals surface area contributed by atoms with E-state index >= 15 is 0 Å². The van der Waals surface area contributed by atoms with Gasteiger partial charge >= 0.3 is 5.97 Å². The summed E-state index contributed by atoms with van der Waals surface area (Å²) in [5, 5.41) is 2.97. The number of rotatable bonds is 7. The molecule has 1 aromatic heterocycles. The van der Waals surface area contributed by atoms with Crippen LogP contribution in [0, 0.1) is 6.92 Å². The lowest BCUT2D eigenvalue weighted by Gasteiger charge is -2.16. The van der Waals surface area contributed by atoms with Crippen LogP contribution in [0.3, 0.4) is 0 Å². The third kappa shape index (κ3) is 4.70. The second kappa shape index (κ2) is 8.75. The van der Waals surface area contributed by atoms with Gasteiger partial charge < -0.3 is 19.8 Å². The predicted octanol–water partition coefficient (Wildman–Crippen LogP) is 3.95. The van der Waals surface area contributed by atoms with Crippen LogP contribution in [0.1, 0.15) is 71.4 Å². The van der Waals surface area contributed by atoms with Crippen molar-refractivity contribution in [3.63, 3.8) is 0 Å². The molecule has 1 heterocycles. The number of H-pyrrole nitrogens is 1. The number of aryl methyl sites for hydroxylation is 1. The first-order chi connectivity index (χ1) is 12.8. The molecule has 27 heavy (non-hydrogen) atoms. The molecule has 0 bridgehead atoms. The maximum Gasteiger partial charge on any atom is 0.339 e. The zero-order valence-corrected chi connectivity index (χ0v) is 16.8. The Bertz CT molecular complexity index is 806. The Morgan fingerprint density at radius 1 is 1.15 bits per heavy atom. The zero-order valence-electron chi connectivity index (χ0n) is 16.8. The first kappa shape index (κ1) is 20.6. The molecule has 0 saturated heterocycles. The van der Waals surface area contributed by atoms with Gasteiger partial charge in [-0.25, -0.2) is 4.79 Å². The van der Waals surface area contributed by atoms with Crippen molar-refractivity contribution in [1.82, 2.24) is 10.3 Å². The Morgan fingerprint density at radius 2 is 1.78 bits per heavy atom. The molecule has 0 radical (unpaired) electrons. The molecule has 2 rings (SSSR count). The minimum Gasteiger partial charge on any atom is -0.491 e. The molecule has 0 fully saturated rings. The molecule has 2 aromatic rings. The van der Waals surface area contributed by atoms with Crippen LogP contribution in [0.2, 0.25) is 0 Å². The highest BCUT2D eigenvalue weighted by molar-refractivity contribution is 6.00. The number of benzene rings is 1. The van der Waals surface area contributed by atoms with E-state index in [0.29, 0.717) is 28.9 Å². The average molecular weight is 372 g/mol. The maximum atomic E-state index is 12.7. The van der Waals surface area contributed by atoms with Crippen LogP contribution in [0.25, 0.3) is 0 Å². The molecule has 146 valence electrons. The quantitative estimate of drug-likeness (QED) is 0.721. The second-order valence-corrected chi connectivity index (χ2v) is 6.75. The minimum atomic E-state index is -0.437. The minimum absolute atomic E-state index is 0.112. The SMILES string of the molecule is CCc1[nH]c(C(=O)NC(C)c2ccc(OC(C)C)cc2)c(C)c1C(=O)OC. The first-order valence-corrected chi connectivity index (χ1v) is 9.15. The topological polar surface area (TPSA) is 80.4 Å². The van der Waals surface area contributed by atoms with Crippen LogP contribution < -0.4 is 10.1 Å². The maximum absolute atomic E-state index is 12.7. The lowest BCUT2D eigenvalue weighted by molar-refractivity contribution is 0.0599. The van der Waals surface area contributed by atoms with Crippen LogP contribution in [0.4, 0.5) is 0 Å². The van der Waals surface area contributed by atoms with Gasteiger partial charge in [0.2, 0.25) is 0 Å². The fraction of sp³-hybridized carbons (Fsp3) is 0.429. The number of carbonyl (C=O) groups excluding carboxylic acids is 2. The zero-order chi connectivity index (χ0) is 20.1. The molecular weight excluding hydrogens is 344 g/mol. The van der Waals surface area contributed by atoms with Crippen LogP contribution in [-0.2, 0) is 11.2 Å². The smallest absolute Gasteiger partial charge is 0.339 e. The number of hydrogen-bond donors (Lipinski definition) is 2. The van der Waals surface area contributed by atoms with Gasteiger partial charge in [-0.3, -0.25) is 4.79 Å². The summed E-state index contributed by atoms with van der Waals surface area (Å²) < 4.78 is 10.5. The molecule has 0 aliphatic heterocycles. The number of esters is 1. The van der Waals surface area contributed by atoms with Crippen molar-refractivity contribution in [1.29, 1.82) is 0 Å². The number of hydrogen-bond acceptors (Lipinski definition) is 4. The van der Waals surface area contributed by atoms with Crippen molar-refractivity contribution >= 4 is 11.9 Å². The fourth-order valence-electron chi connectivity index (χ4n) is 2.99. The second-order valence-electron chi connectivity index (χ2n) is 6.75. The summed E-state index contributed by atoms with van der Waals surface area (Å²) >= 11 is 0. The van der Waals surface area contributed by atoms with E-state index < -0.39 is 5.97 Å². The summed E-state index contributed by atoms with van der Waals surface area (Å²) in [6.45, 7) is 9.53. The number of ether oxygens (including phenoxy) is 2. The Kier molecular flexibility index (Phi) is 6.66. The molecule has 6 heteroatoms. The van der Waals surface area contributed by atoms with E-state index in [1.54, 1.807) is 6.92 Å². The Balaban J connectivity index is 2.17. The highest BCUT2D eigenvalue weighted by Crippen LogP contribution is 2.22. The van der Waals surface area contributed by atoms with Crippen molar-refractivity contribution in [3.8, 4) is 5.75 Å². The van der Waals surface area contributed by atoms with E-state index in [-0.39, 0.29) is 18.1 Å². The predicted molar refractivity (Wildman–Crippen MR) is 104 cm³/mol. The van der Waals surface area contributed by atoms with Gasteiger partial charge in [-0.05, 0) is 57.4 Å². The van der Waals surface area contributed by atoms with E-state index in [2.05, 4.69) is 10.3 Å². The van der Waals surface area contributed by atoms with Gasteiger partial charge in [0.05, 0.1) is 24.8 Å². The van der Waals surface area contributed by atoms with E-state index in [9.17, 15) is 9.59 Å². The number of nitrogens with one attached hydrogen (secondary N) is 2. The van der Waals surface area contributed by atoms with Gasteiger partial charge in [-0.2, -0.15) is 0 Å². The largest absolute Gasteiger partial charge is 0.491 e. The summed E-state index contributed by atoms with van der Waals surface area (Å²) in [6, 6.07) is 7.45. The fourth-order valence-corrected chi connectivity index (χ4v) is 2.99. The van der Waals surface area contributed by atoms with Crippen LogP contribution in [0.5, 0.6) is 5.75 Å². The molecule has 0 saturated carbocycles. The van der Waals surface area contributed by atoms with Gasteiger partial charge in [0.15, 0.2) is 0 Å². The third-order valence-electron chi connectivity index (χ3n) is 4.40. The van der Waals surface area contributed by atoms with Gasteiger partial charge in [0.1, 0.15) is 11.4 Å². The molecule has 2 N–H and O–H groups in total. The van der Waals surface area contributed by atoms with E-state index in [0.717, 1.165) is 11.3 Å². The molecule has 6 nitrogen and oxygen atoms in total. The van der Waals surface area contributed by atoms with Gasteiger partial charge in [0, 0.05) is 5.69 Å². The first-order valence-electron chi connectivity index (χ1n) is 9.15. The van der Waals surface area contributed by atoms with Crippen molar-refractivity contribution in [2.45, 2.75) is 53.2 Å². The van der Waals surface area contributed by atoms with Crippen LogP contribution >= 0.6 is 0 Å². The number of aromatic amines is 1. The van der Waals surface area contributed by atoms with Crippen LogP contribution in [-0.4, -0.2) is 30.1 Å². The summed E-state index contributed by atoms with van der Waals surface area (Å²) in [4.78, 5) is 27.8. The number of carbonyl (C=O) groups is 2. The van der Waals surface area contributed by atoms with Gasteiger partial charge in [0.25, 0.3) is 5.91 Å². The van der Waals surface area contributed by atoms with E-state index in [4.69, 9.17) is 9.47 Å². The molecular formula is C21H28N2O4. The number of methoxy groups -OCH3 is 1. The monoisotopic (exact) mass is 372 g/mol. The van der Waals surface area contributed by atoms with Gasteiger partial charge in [-0.1, -0.05) is 19.1 Å². The average Bonchev–Trinajstić information content (AvgIpc) is 2.97. The number of aromatic nitrogens is 1. The molecule has 1 amide bonds. The summed E-state index contributed by atoms with van der Waals surface area (Å²) in [7, 11) is 1.34. The lowest BCUT2D eigenvalue weighted by Crippen LogP contribution is -2.27. The van der Waals surface area contributed by atoms with E-state index in [1.165, 1.54) is 7.11 Å². The third-order valence-corrected chi connectivity index (χ3v) is 4.40. The molecule has 0 aliphatic rings. The molecule has 1 unspecified atom stereocenters. The number of amides is 1. The van der Waals surface area contributed by atoms with Crippen molar-refractivity contribution < 1.29 is 19.1 Å². The lowest BCUT2D eigenvalue weighted by atomic mass is 10.1. The van der Waals surface area contributed by atoms with E-state index in [1.807, 2.05) is 52.0 Å². The van der Waals surface area contributed by atoms with Crippen molar-refractivity contribution in [3.05, 3.63) is 52.3 Å². The highest BCUT2D eigenvalue weighted by Gasteiger charge is 2.24. The molecule has 1 atom stereocenters. The molecule has 1 aromatic carbocycles. The normalized spacial score (nSPS) is 12.0.